The Morgan fingerprint density at radius 1 is 0.440 bits per heavy atom. The average Bonchev–Trinajstić information content (AvgIpc) is 2.72. The first-order chi connectivity index (χ1) is 12.4. The van der Waals surface area contributed by atoms with E-state index in [0.717, 1.165) is 0 Å². The van der Waals surface area contributed by atoms with Gasteiger partial charge in [-0.1, -0.05) is 0 Å². The molecule has 0 fully saturated rings. The van der Waals surface area contributed by atoms with Crippen LogP contribution in [0.1, 0.15) is 0 Å². The van der Waals surface area contributed by atoms with Crippen molar-refractivity contribution in [2.45, 2.75) is 0 Å². The van der Waals surface area contributed by atoms with E-state index in [9.17, 15) is 0 Å². The van der Waals surface area contributed by atoms with Gasteiger partial charge in [0.2, 0.25) is 0 Å². The fourth-order valence-corrected chi connectivity index (χ4v) is 16.7. The summed E-state index contributed by atoms with van der Waals surface area (Å²) in [4.78, 5) is 4.87. The maximum atomic E-state index is 4.87. The normalized spacial score (nSPS) is 11.2. The first-order valence-electron chi connectivity index (χ1n) is 8.50. The van der Waals surface area contributed by atoms with E-state index in [2.05, 4.69) is 103 Å². The molecule has 4 rings (SSSR count). The third-order valence-electron chi connectivity index (χ3n) is 4.67. The molecule has 1 aromatic heterocycles. The Kier molecular flexibility index (Phi) is 4.66. The van der Waals surface area contributed by atoms with E-state index in [-0.39, 0.29) is 0 Å². The third-order valence-corrected chi connectivity index (χ3v) is 18.0. The zero-order valence-electron chi connectivity index (χ0n) is 13.9. The zero-order chi connectivity index (χ0) is 17.0. The Labute approximate surface area is 152 Å². The molecule has 1 nitrogen and oxygen atoms in total. The van der Waals surface area contributed by atoms with Crippen molar-refractivity contribution in [2.24, 2.45) is 0 Å². The van der Waals surface area contributed by atoms with Gasteiger partial charge in [0.1, 0.15) is 0 Å². The number of hydrogen-bond acceptors (Lipinski definition) is 1. The number of benzene rings is 3. The Hall–Kier alpha value is -2.39. The summed E-state index contributed by atoms with van der Waals surface area (Å²) >= 11 is -3.42. The van der Waals surface area contributed by atoms with Crippen molar-refractivity contribution in [3.8, 4) is 0 Å². The van der Waals surface area contributed by atoms with E-state index in [1.165, 1.54) is 14.4 Å². The van der Waals surface area contributed by atoms with E-state index >= 15 is 0 Å². The topological polar surface area (TPSA) is 12.9 Å². The molecule has 0 aliphatic carbocycles. The molecule has 0 atom stereocenters. The summed E-state index contributed by atoms with van der Waals surface area (Å²) in [5.74, 6) is 0. The molecule has 0 bridgehead atoms. The number of nitrogens with zero attached hydrogens (tertiary/aromatic N) is 1. The van der Waals surface area contributed by atoms with Crippen LogP contribution in [0.2, 0.25) is 0 Å². The molecule has 120 valence electrons. The summed E-state index contributed by atoms with van der Waals surface area (Å²) < 4.78 is 5.51. The second kappa shape index (κ2) is 7.24. The fourth-order valence-electron chi connectivity index (χ4n) is 3.59. The molecular formula is C23H19NSn. The van der Waals surface area contributed by atoms with Crippen molar-refractivity contribution in [1.29, 1.82) is 0 Å². The van der Waals surface area contributed by atoms with Gasteiger partial charge in [0, 0.05) is 0 Å². The van der Waals surface area contributed by atoms with Gasteiger partial charge in [0.05, 0.1) is 0 Å². The molecule has 4 aromatic rings. The minimum absolute atomic E-state index is 1.24. The van der Waals surface area contributed by atoms with Crippen molar-refractivity contribution < 1.29 is 0 Å². The molecule has 0 aliphatic rings. The molecule has 0 amide bonds. The van der Waals surface area contributed by atoms with E-state index in [4.69, 9.17) is 4.98 Å². The van der Waals surface area contributed by atoms with Crippen LogP contribution in [0.4, 0.5) is 0 Å². The van der Waals surface area contributed by atoms with Crippen molar-refractivity contribution in [2.75, 3.05) is 0 Å². The molecule has 0 N–H and O–H groups in total. The maximum absolute atomic E-state index is 4.87. The standard InChI is InChI=1S/3C6H5.C5H4N.Sn/c4*1-2-4-6-5-3-1;/h3*1-5H;1-4H;. The van der Waals surface area contributed by atoms with Crippen LogP contribution < -0.4 is 14.4 Å². The summed E-state index contributed by atoms with van der Waals surface area (Å²) in [5.41, 5.74) is 0. The van der Waals surface area contributed by atoms with Gasteiger partial charge >= 0.3 is 153 Å². The molecule has 3 aromatic carbocycles. The van der Waals surface area contributed by atoms with Crippen LogP contribution in [-0.2, 0) is 0 Å². The van der Waals surface area contributed by atoms with Crippen molar-refractivity contribution in [3.63, 3.8) is 0 Å². The second-order valence-electron chi connectivity index (χ2n) is 6.06. The summed E-state index contributed by atoms with van der Waals surface area (Å²) in [6, 6.07) is 39.2. The van der Waals surface area contributed by atoms with Crippen molar-refractivity contribution >= 4 is 32.8 Å². The number of aromatic nitrogens is 1. The molecular weight excluding hydrogens is 409 g/mol. The summed E-state index contributed by atoms with van der Waals surface area (Å²) in [6.07, 6.45) is 1.93. The molecule has 0 radical (unpaired) electrons. The summed E-state index contributed by atoms with van der Waals surface area (Å²) in [7, 11) is 0. The molecule has 25 heavy (non-hydrogen) atoms. The third kappa shape index (κ3) is 2.89. The van der Waals surface area contributed by atoms with Crippen LogP contribution in [0.15, 0.2) is 115 Å². The Morgan fingerprint density at radius 3 is 1.20 bits per heavy atom. The molecule has 0 unspecified atom stereocenters. The van der Waals surface area contributed by atoms with E-state index < -0.39 is 18.4 Å². The van der Waals surface area contributed by atoms with Crippen LogP contribution in [0.5, 0.6) is 0 Å². The van der Waals surface area contributed by atoms with Crippen LogP contribution in [0, 0.1) is 0 Å². The number of hydrogen-bond donors (Lipinski definition) is 0. The molecule has 0 spiro atoms. The predicted molar refractivity (Wildman–Crippen MR) is 108 cm³/mol. The first-order valence-corrected chi connectivity index (χ1v) is 14.2. The Bertz CT molecular complexity index is 759. The minimum atomic E-state index is -3.42. The van der Waals surface area contributed by atoms with Gasteiger partial charge in [-0.3, -0.25) is 0 Å². The summed E-state index contributed by atoms with van der Waals surface area (Å²) in [6.45, 7) is 0. The van der Waals surface area contributed by atoms with Gasteiger partial charge < -0.3 is 0 Å². The molecule has 2 heteroatoms. The second-order valence-corrected chi connectivity index (χ2v) is 16.7. The van der Waals surface area contributed by atoms with E-state index in [0.29, 0.717) is 0 Å². The van der Waals surface area contributed by atoms with Crippen LogP contribution in [0.25, 0.3) is 0 Å². The van der Waals surface area contributed by atoms with Gasteiger partial charge in [0.15, 0.2) is 0 Å². The van der Waals surface area contributed by atoms with Gasteiger partial charge in [-0.05, 0) is 0 Å². The fraction of sp³-hybridized carbons (Fsp3) is 0. The predicted octanol–water partition coefficient (Wildman–Crippen LogP) is 2.46. The van der Waals surface area contributed by atoms with Gasteiger partial charge in [-0.25, -0.2) is 0 Å². The van der Waals surface area contributed by atoms with Crippen LogP contribution in [0.3, 0.4) is 0 Å². The van der Waals surface area contributed by atoms with Crippen LogP contribution >= 0.6 is 0 Å². The molecule has 1 heterocycles. The van der Waals surface area contributed by atoms with Crippen molar-refractivity contribution in [1.82, 2.24) is 4.98 Å². The molecule has 0 aliphatic heterocycles. The molecule has 0 saturated heterocycles. The van der Waals surface area contributed by atoms with Crippen molar-refractivity contribution in [3.05, 3.63) is 115 Å². The number of rotatable bonds is 4. The van der Waals surface area contributed by atoms with E-state index in [1.807, 2.05) is 12.3 Å². The average molecular weight is 428 g/mol. The van der Waals surface area contributed by atoms with Gasteiger partial charge in [-0.2, -0.15) is 0 Å². The monoisotopic (exact) mass is 429 g/mol. The quantitative estimate of drug-likeness (QED) is 0.456. The van der Waals surface area contributed by atoms with E-state index in [1.54, 1.807) is 0 Å². The first kappa shape index (κ1) is 16.1. The number of pyridine rings is 1. The van der Waals surface area contributed by atoms with Gasteiger partial charge in [0.25, 0.3) is 0 Å². The SMILES string of the molecule is c1cc[c]([Sn]([c]2ccccc2)([c]2ccccc2)[c]2ccccn2)cc1. The summed E-state index contributed by atoms with van der Waals surface area (Å²) in [5, 5.41) is 0. The Morgan fingerprint density at radius 2 is 0.840 bits per heavy atom. The van der Waals surface area contributed by atoms with Gasteiger partial charge in [-0.15, -0.1) is 0 Å². The zero-order valence-corrected chi connectivity index (χ0v) is 16.8. The molecule has 0 saturated carbocycles. The Balaban J connectivity index is 2.13. The van der Waals surface area contributed by atoms with Crippen LogP contribution in [-0.4, -0.2) is 23.4 Å².